The summed E-state index contributed by atoms with van der Waals surface area (Å²) < 4.78 is 9.29. The van der Waals surface area contributed by atoms with Gasteiger partial charge in [-0.25, -0.2) is 9.48 Å². The highest BCUT2D eigenvalue weighted by molar-refractivity contribution is 5.97. The van der Waals surface area contributed by atoms with Crippen LogP contribution in [0.1, 0.15) is 54.4 Å². The normalized spacial score (nSPS) is 11.9. The van der Waals surface area contributed by atoms with Crippen LogP contribution in [0.2, 0.25) is 0 Å². The monoisotopic (exact) mass is 470 g/mol. The van der Waals surface area contributed by atoms with E-state index in [4.69, 9.17) is 4.74 Å². The number of carboxylic acid groups (broad SMARTS) is 1. The van der Waals surface area contributed by atoms with Crippen LogP contribution in [0.4, 0.5) is 10.6 Å². The SMILES string of the molecule is CCCCOc1c(N(CC(C)(C)C)C(=O)O)n(CC(C)C)c(=O)c2ccc(-n3cnnn3)cc12. The molecule has 1 amide bonds. The summed E-state index contributed by atoms with van der Waals surface area (Å²) in [6.07, 6.45) is 2.04. The molecule has 0 saturated carbocycles. The number of rotatable bonds is 9. The number of hydrogen-bond donors (Lipinski definition) is 1. The summed E-state index contributed by atoms with van der Waals surface area (Å²) in [6.45, 7) is 12.9. The molecular formula is C24H34N6O4. The topological polar surface area (TPSA) is 115 Å². The van der Waals surface area contributed by atoms with Crippen LogP contribution in [0.3, 0.4) is 0 Å². The molecule has 0 aliphatic heterocycles. The Kier molecular flexibility index (Phi) is 7.58. The average Bonchev–Trinajstić information content (AvgIpc) is 3.29. The van der Waals surface area contributed by atoms with Crippen LogP contribution in [0.25, 0.3) is 16.5 Å². The molecule has 10 nitrogen and oxygen atoms in total. The fourth-order valence-corrected chi connectivity index (χ4v) is 3.78. The molecule has 0 radical (unpaired) electrons. The number of aromatic nitrogens is 5. The van der Waals surface area contributed by atoms with Gasteiger partial charge in [0.2, 0.25) is 0 Å². The predicted octanol–water partition coefficient (Wildman–Crippen LogP) is 4.34. The maximum Gasteiger partial charge on any atom is 0.413 e. The van der Waals surface area contributed by atoms with Crippen molar-refractivity contribution in [1.29, 1.82) is 0 Å². The number of nitrogens with zero attached hydrogens (tertiary/aromatic N) is 6. The standard InChI is InChI=1S/C24H34N6O4/c1-7-8-11-34-20-19-12-17(30-15-25-26-27-30)9-10-18(19)22(31)28(13-16(2)3)21(20)29(23(32)33)14-24(4,5)6/h9-10,12,15-16H,7-8,11,13-14H2,1-6H3,(H,32,33). The third-order valence-corrected chi connectivity index (χ3v) is 5.21. The Bertz CT molecular complexity index is 1190. The Morgan fingerprint density at radius 3 is 2.53 bits per heavy atom. The highest BCUT2D eigenvalue weighted by Crippen LogP contribution is 2.37. The first-order valence-electron chi connectivity index (χ1n) is 11.6. The van der Waals surface area contributed by atoms with Crippen molar-refractivity contribution in [3.63, 3.8) is 0 Å². The van der Waals surface area contributed by atoms with Crippen molar-refractivity contribution >= 4 is 22.7 Å². The molecule has 0 spiro atoms. The minimum atomic E-state index is -1.14. The van der Waals surface area contributed by atoms with Gasteiger partial charge in [-0.05, 0) is 46.4 Å². The second-order valence-electron chi connectivity index (χ2n) is 10.1. The number of tetrazole rings is 1. The van der Waals surface area contributed by atoms with Gasteiger partial charge in [0, 0.05) is 18.5 Å². The number of pyridine rings is 1. The first kappa shape index (κ1) is 25.2. The molecule has 1 aromatic carbocycles. The number of benzene rings is 1. The number of unbranched alkanes of at least 4 members (excludes halogenated alkanes) is 1. The first-order chi connectivity index (χ1) is 16.0. The lowest BCUT2D eigenvalue weighted by atomic mass is 9.96. The number of fused-ring (bicyclic) bond motifs is 1. The summed E-state index contributed by atoms with van der Waals surface area (Å²) in [5, 5.41) is 22.5. The Hall–Kier alpha value is -3.43. The van der Waals surface area contributed by atoms with Crippen molar-refractivity contribution < 1.29 is 14.6 Å². The molecular weight excluding hydrogens is 436 g/mol. The molecule has 0 unspecified atom stereocenters. The second kappa shape index (κ2) is 10.2. The van der Waals surface area contributed by atoms with Gasteiger partial charge in [0.15, 0.2) is 11.6 Å². The van der Waals surface area contributed by atoms with Crippen LogP contribution in [-0.4, -0.2) is 49.1 Å². The summed E-state index contributed by atoms with van der Waals surface area (Å²) in [6, 6.07) is 5.25. The maximum atomic E-state index is 13.7. The molecule has 0 saturated heterocycles. The van der Waals surface area contributed by atoms with Gasteiger partial charge >= 0.3 is 6.09 Å². The smallest absolute Gasteiger partial charge is 0.413 e. The van der Waals surface area contributed by atoms with Crippen LogP contribution in [0.5, 0.6) is 5.75 Å². The van der Waals surface area contributed by atoms with Crippen LogP contribution < -0.4 is 15.2 Å². The lowest BCUT2D eigenvalue weighted by Crippen LogP contribution is -2.41. The molecule has 10 heteroatoms. The number of amides is 1. The Morgan fingerprint density at radius 1 is 1.24 bits per heavy atom. The fraction of sp³-hybridized carbons (Fsp3) is 0.542. The van der Waals surface area contributed by atoms with E-state index in [0.29, 0.717) is 35.4 Å². The van der Waals surface area contributed by atoms with E-state index in [9.17, 15) is 14.7 Å². The van der Waals surface area contributed by atoms with Gasteiger partial charge in [0.25, 0.3) is 5.56 Å². The predicted molar refractivity (Wildman–Crippen MR) is 131 cm³/mol. The molecule has 0 atom stereocenters. The van der Waals surface area contributed by atoms with E-state index in [1.54, 1.807) is 22.8 Å². The molecule has 1 N–H and O–H groups in total. The molecule has 2 aromatic heterocycles. The van der Waals surface area contributed by atoms with Gasteiger partial charge in [0.05, 0.1) is 17.7 Å². The summed E-state index contributed by atoms with van der Waals surface area (Å²) >= 11 is 0. The van der Waals surface area contributed by atoms with Gasteiger partial charge in [-0.3, -0.25) is 14.3 Å². The third kappa shape index (κ3) is 5.55. The van der Waals surface area contributed by atoms with Gasteiger partial charge in [-0.1, -0.05) is 48.0 Å². The van der Waals surface area contributed by atoms with Crippen molar-refractivity contribution in [2.45, 2.75) is 60.9 Å². The zero-order valence-corrected chi connectivity index (χ0v) is 20.8. The van der Waals surface area contributed by atoms with Crippen molar-refractivity contribution in [2.75, 3.05) is 18.1 Å². The van der Waals surface area contributed by atoms with E-state index in [0.717, 1.165) is 12.8 Å². The minimum absolute atomic E-state index is 0.114. The van der Waals surface area contributed by atoms with E-state index < -0.39 is 6.09 Å². The molecule has 0 aliphatic rings. The quantitative estimate of drug-likeness (QED) is 0.462. The summed E-state index contributed by atoms with van der Waals surface area (Å²) in [7, 11) is 0. The van der Waals surface area contributed by atoms with E-state index >= 15 is 0 Å². The van der Waals surface area contributed by atoms with E-state index in [2.05, 4.69) is 22.4 Å². The van der Waals surface area contributed by atoms with Crippen molar-refractivity contribution in [3.8, 4) is 11.4 Å². The molecule has 3 rings (SSSR count). The van der Waals surface area contributed by atoms with Crippen LogP contribution in [-0.2, 0) is 6.54 Å². The summed E-state index contributed by atoms with van der Waals surface area (Å²) in [4.78, 5) is 27.5. The Balaban J connectivity index is 2.40. The summed E-state index contributed by atoms with van der Waals surface area (Å²) in [5.41, 5.74) is 0.0357. The molecule has 34 heavy (non-hydrogen) atoms. The fourth-order valence-electron chi connectivity index (χ4n) is 3.78. The van der Waals surface area contributed by atoms with Crippen LogP contribution in [0, 0.1) is 11.3 Å². The van der Waals surface area contributed by atoms with E-state index in [1.165, 1.54) is 15.9 Å². The minimum Gasteiger partial charge on any atom is -0.489 e. The average molecular weight is 471 g/mol. The lowest BCUT2D eigenvalue weighted by Gasteiger charge is -2.32. The third-order valence-electron chi connectivity index (χ3n) is 5.21. The molecule has 0 bridgehead atoms. The highest BCUT2D eigenvalue weighted by atomic mass is 16.5. The van der Waals surface area contributed by atoms with Gasteiger partial charge in [-0.15, -0.1) is 5.10 Å². The summed E-state index contributed by atoms with van der Waals surface area (Å²) in [5.74, 6) is 0.757. The number of carbonyl (C=O) groups is 1. The highest BCUT2D eigenvalue weighted by Gasteiger charge is 2.30. The molecule has 0 aliphatic carbocycles. The second-order valence-corrected chi connectivity index (χ2v) is 10.1. The zero-order valence-electron chi connectivity index (χ0n) is 20.8. The Labute approximate surface area is 199 Å². The zero-order chi connectivity index (χ0) is 25.0. The van der Waals surface area contributed by atoms with Crippen LogP contribution >= 0.6 is 0 Å². The first-order valence-corrected chi connectivity index (χ1v) is 11.6. The van der Waals surface area contributed by atoms with Crippen molar-refractivity contribution in [2.24, 2.45) is 11.3 Å². The van der Waals surface area contributed by atoms with Crippen molar-refractivity contribution in [3.05, 3.63) is 34.9 Å². The van der Waals surface area contributed by atoms with E-state index in [-0.39, 0.29) is 29.3 Å². The molecule has 0 fully saturated rings. The van der Waals surface area contributed by atoms with E-state index in [1.807, 2.05) is 34.6 Å². The maximum absolute atomic E-state index is 13.7. The van der Waals surface area contributed by atoms with Gasteiger partial charge in [0.1, 0.15) is 6.33 Å². The van der Waals surface area contributed by atoms with Crippen LogP contribution in [0.15, 0.2) is 29.3 Å². The molecule has 3 aromatic rings. The Morgan fingerprint density at radius 2 is 1.97 bits per heavy atom. The number of anilines is 1. The molecule has 2 heterocycles. The van der Waals surface area contributed by atoms with Gasteiger partial charge < -0.3 is 9.84 Å². The molecule has 184 valence electrons. The number of ether oxygens (including phenoxy) is 1. The largest absolute Gasteiger partial charge is 0.489 e. The number of hydrogen-bond acceptors (Lipinski definition) is 6. The van der Waals surface area contributed by atoms with Crippen molar-refractivity contribution in [1.82, 2.24) is 24.8 Å². The lowest BCUT2D eigenvalue weighted by molar-refractivity contribution is 0.197. The van der Waals surface area contributed by atoms with Gasteiger partial charge in [-0.2, -0.15) is 0 Å².